The van der Waals surface area contributed by atoms with Crippen LogP contribution < -0.4 is 5.43 Å². The van der Waals surface area contributed by atoms with Crippen LogP contribution in [-0.2, 0) is 11.3 Å². The molecule has 0 spiro atoms. The topological polar surface area (TPSA) is 68.8 Å². The van der Waals surface area contributed by atoms with Gasteiger partial charge in [-0.05, 0) is 32.0 Å². The largest absolute Gasteiger partial charge is 0.467 e. The third-order valence-corrected chi connectivity index (χ3v) is 3.05. The van der Waals surface area contributed by atoms with Gasteiger partial charge in [0.1, 0.15) is 5.76 Å². The molecule has 0 saturated heterocycles. The van der Waals surface area contributed by atoms with Gasteiger partial charge in [0.15, 0.2) is 0 Å². The number of methoxy groups -OCH3 is 1. The first-order valence-electron chi connectivity index (χ1n) is 6.18. The van der Waals surface area contributed by atoms with Crippen LogP contribution in [0.2, 0.25) is 0 Å². The first-order chi connectivity index (χ1) is 9.61. The van der Waals surface area contributed by atoms with Gasteiger partial charge in [0.25, 0.3) is 0 Å². The maximum atomic E-state index is 10.9. The van der Waals surface area contributed by atoms with E-state index < -0.39 is 6.09 Å². The van der Waals surface area contributed by atoms with Gasteiger partial charge in [-0.2, -0.15) is 5.10 Å². The fourth-order valence-corrected chi connectivity index (χ4v) is 1.96. The molecule has 6 nitrogen and oxygen atoms in total. The lowest BCUT2D eigenvalue weighted by Gasteiger charge is -2.07. The number of carbonyl (C=O) groups is 1. The number of nitrogens with zero attached hydrogens (tertiary/aromatic N) is 2. The van der Waals surface area contributed by atoms with Crippen LogP contribution in [0.15, 0.2) is 34.0 Å². The number of hydrogen-bond acceptors (Lipinski definition) is 4. The van der Waals surface area contributed by atoms with Crippen LogP contribution in [-0.4, -0.2) is 24.0 Å². The molecule has 0 aromatic carbocycles. The van der Waals surface area contributed by atoms with Gasteiger partial charge >= 0.3 is 6.09 Å². The number of rotatable bonds is 4. The van der Waals surface area contributed by atoms with E-state index in [9.17, 15) is 4.79 Å². The molecule has 0 aliphatic carbocycles. The van der Waals surface area contributed by atoms with E-state index in [1.54, 1.807) is 12.5 Å². The Morgan fingerprint density at radius 2 is 2.35 bits per heavy atom. The van der Waals surface area contributed by atoms with Gasteiger partial charge in [0.05, 0.1) is 26.1 Å². The number of furan rings is 1. The van der Waals surface area contributed by atoms with E-state index in [1.165, 1.54) is 7.11 Å². The van der Waals surface area contributed by atoms with Gasteiger partial charge in [-0.3, -0.25) is 0 Å². The molecule has 2 heterocycles. The molecular formula is C14H17N3O3. The summed E-state index contributed by atoms with van der Waals surface area (Å²) in [6.45, 7) is 4.68. The standard InChI is InChI=1S/C14H17N3O3/c1-10-7-12(8-15-16-14(18)19-3)11(2)17(10)9-13-5-4-6-20-13/h4-8H,9H2,1-3H3,(H,16,18)/b15-8-. The Hall–Kier alpha value is -2.50. The molecule has 1 N–H and O–H groups in total. The van der Waals surface area contributed by atoms with E-state index in [2.05, 4.69) is 19.8 Å². The second kappa shape index (κ2) is 6.10. The number of amides is 1. The molecule has 20 heavy (non-hydrogen) atoms. The maximum absolute atomic E-state index is 10.9. The number of hydrogen-bond donors (Lipinski definition) is 1. The molecule has 2 rings (SSSR count). The summed E-state index contributed by atoms with van der Waals surface area (Å²) in [7, 11) is 1.29. The second-order valence-corrected chi connectivity index (χ2v) is 4.35. The Balaban J connectivity index is 2.14. The number of nitrogens with one attached hydrogen (secondary N) is 1. The smallest absolute Gasteiger partial charge is 0.427 e. The molecule has 0 aliphatic heterocycles. The predicted octanol–water partition coefficient (Wildman–Crippen LogP) is 2.44. The molecule has 0 fully saturated rings. The Kier molecular flexibility index (Phi) is 4.24. The highest BCUT2D eigenvalue weighted by Gasteiger charge is 2.09. The van der Waals surface area contributed by atoms with Crippen molar-refractivity contribution in [2.75, 3.05) is 7.11 Å². The van der Waals surface area contributed by atoms with E-state index in [4.69, 9.17) is 4.42 Å². The van der Waals surface area contributed by atoms with E-state index in [0.717, 1.165) is 22.7 Å². The second-order valence-electron chi connectivity index (χ2n) is 4.35. The Labute approximate surface area is 117 Å². The zero-order valence-electron chi connectivity index (χ0n) is 11.7. The minimum atomic E-state index is -0.592. The van der Waals surface area contributed by atoms with Crippen LogP contribution in [0.5, 0.6) is 0 Å². The lowest BCUT2D eigenvalue weighted by atomic mass is 10.3. The van der Waals surface area contributed by atoms with Gasteiger partial charge in [0.2, 0.25) is 0 Å². The third kappa shape index (κ3) is 3.09. The van der Waals surface area contributed by atoms with E-state index in [1.807, 2.05) is 32.0 Å². The van der Waals surface area contributed by atoms with Crippen molar-refractivity contribution in [3.8, 4) is 0 Å². The average molecular weight is 275 g/mol. The average Bonchev–Trinajstić information content (AvgIpc) is 3.03. The normalized spacial score (nSPS) is 10.9. The van der Waals surface area contributed by atoms with Crippen molar-refractivity contribution in [1.29, 1.82) is 0 Å². The van der Waals surface area contributed by atoms with Crippen molar-refractivity contribution in [3.05, 3.63) is 47.2 Å². The molecule has 0 unspecified atom stereocenters. The van der Waals surface area contributed by atoms with Gasteiger partial charge in [-0.25, -0.2) is 10.2 Å². The molecule has 2 aromatic heterocycles. The molecule has 106 valence electrons. The lowest BCUT2D eigenvalue weighted by Crippen LogP contribution is -2.16. The van der Waals surface area contributed by atoms with E-state index in [-0.39, 0.29) is 0 Å². The van der Waals surface area contributed by atoms with Crippen molar-refractivity contribution in [2.45, 2.75) is 20.4 Å². The molecule has 0 atom stereocenters. The summed E-state index contributed by atoms with van der Waals surface area (Å²) in [6.07, 6.45) is 2.66. The number of aryl methyl sites for hydroxylation is 1. The Bertz CT molecular complexity index is 612. The number of aromatic nitrogens is 1. The zero-order chi connectivity index (χ0) is 14.5. The van der Waals surface area contributed by atoms with Crippen LogP contribution in [0.4, 0.5) is 4.79 Å². The Morgan fingerprint density at radius 3 is 3.00 bits per heavy atom. The van der Waals surface area contributed by atoms with Crippen molar-refractivity contribution in [3.63, 3.8) is 0 Å². The third-order valence-electron chi connectivity index (χ3n) is 3.05. The van der Waals surface area contributed by atoms with E-state index in [0.29, 0.717) is 6.54 Å². The van der Waals surface area contributed by atoms with Crippen LogP contribution in [0.3, 0.4) is 0 Å². The van der Waals surface area contributed by atoms with Crippen molar-refractivity contribution < 1.29 is 13.9 Å². The SMILES string of the molecule is COC(=O)N/N=C\c1cc(C)n(Cc2ccco2)c1C. The summed E-state index contributed by atoms with van der Waals surface area (Å²) in [4.78, 5) is 10.9. The first-order valence-corrected chi connectivity index (χ1v) is 6.18. The van der Waals surface area contributed by atoms with Gasteiger partial charge in [-0.15, -0.1) is 0 Å². The van der Waals surface area contributed by atoms with Crippen molar-refractivity contribution >= 4 is 12.3 Å². The highest BCUT2D eigenvalue weighted by Crippen LogP contribution is 2.15. The molecule has 0 saturated carbocycles. The van der Waals surface area contributed by atoms with Gasteiger partial charge in [0, 0.05) is 17.0 Å². The van der Waals surface area contributed by atoms with Crippen LogP contribution in [0, 0.1) is 13.8 Å². The molecule has 0 radical (unpaired) electrons. The highest BCUT2D eigenvalue weighted by molar-refractivity contribution is 5.82. The van der Waals surface area contributed by atoms with Crippen LogP contribution >= 0.6 is 0 Å². The minimum absolute atomic E-state index is 0.592. The number of ether oxygens (including phenoxy) is 1. The van der Waals surface area contributed by atoms with E-state index >= 15 is 0 Å². The van der Waals surface area contributed by atoms with Crippen LogP contribution in [0.1, 0.15) is 22.7 Å². The molecule has 1 amide bonds. The molecular weight excluding hydrogens is 258 g/mol. The maximum Gasteiger partial charge on any atom is 0.427 e. The Morgan fingerprint density at radius 1 is 1.55 bits per heavy atom. The van der Waals surface area contributed by atoms with Crippen molar-refractivity contribution in [1.82, 2.24) is 9.99 Å². The number of hydrazone groups is 1. The summed E-state index contributed by atoms with van der Waals surface area (Å²) in [5.41, 5.74) is 5.34. The van der Waals surface area contributed by atoms with Gasteiger partial charge < -0.3 is 13.7 Å². The molecule has 0 bridgehead atoms. The minimum Gasteiger partial charge on any atom is -0.467 e. The first kappa shape index (κ1) is 13.9. The number of carbonyl (C=O) groups excluding carboxylic acids is 1. The zero-order valence-corrected chi connectivity index (χ0v) is 11.7. The molecule has 2 aromatic rings. The fourth-order valence-electron chi connectivity index (χ4n) is 1.96. The fraction of sp³-hybridized carbons (Fsp3) is 0.286. The van der Waals surface area contributed by atoms with Gasteiger partial charge in [-0.1, -0.05) is 0 Å². The van der Waals surface area contributed by atoms with Crippen LogP contribution in [0.25, 0.3) is 0 Å². The highest BCUT2D eigenvalue weighted by atomic mass is 16.5. The summed E-state index contributed by atoms with van der Waals surface area (Å²) >= 11 is 0. The molecule has 6 heteroatoms. The van der Waals surface area contributed by atoms with Crippen molar-refractivity contribution in [2.24, 2.45) is 5.10 Å². The molecule has 0 aliphatic rings. The lowest BCUT2D eigenvalue weighted by molar-refractivity contribution is 0.171. The summed E-state index contributed by atoms with van der Waals surface area (Å²) in [6, 6.07) is 5.80. The summed E-state index contributed by atoms with van der Waals surface area (Å²) in [5.74, 6) is 0.892. The summed E-state index contributed by atoms with van der Waals surface area (Å²) in [5, 5.41) is 3.84. The quantitative estimate of drug-likeness (QED) is 0.688. The monoisotopic (exact) mass is 275 g/mol. The summed E-state index contributed by atoms with van der Waals surface area (Å²) < 4.78 is 11.9. The predicted molar refractivity (Wildman–Crippen MR) is 74.9 cm³/mol.